The fourth-order valence-electron chi connectivity index (χ4n) is 7.04. The Morgan fingerprint density at radius 3 is 2.23 bits per heavy atom. The topological polar surface area (TPSA) is 127 Å². The number of carboxylic acids is 1. The summed E-state index contributed by atoms with van der Waals surface area (Å²) in [5, 5.41) is 22.0. The van der Waals surface area contributed by atoms with Crippen LogP contribution in [0.3, 0.4) is 0 Å². The SMILES string of the molecule is CC(O)C1C(=O)N2C(C(=O)[O-])=C(SC(=S)N(C)Cc3ccc(C[N+]45CC[N+](CC(N)=O)(CC4)CC5)cc3)C(C)C12. The molecular weight excluding hydrogens is 550 g/mol. The number of thiocarbonyl (C=S) groups is 1. The number of β-lactam (4-membered cyclic amide) rings is 1. The van der Waals surface area contributed by atoms with Crippen molar-refractivity contribution in [3.8, 4) is 0 Å². The average molecular weight is 589 g/mol. The number of benzene rings is 1. The predicted molar refractivity (Wildman–Crippen MR) is 153 cm³/mol. The first-order chi connectivity index (χ1) is 18.9. The summed E-state index contributed by atoms with van der Waals surface area (Å²) in [6.07, 6.45) is -0.856. The number of quaternary nitrogens is 2. The number of fused-ring (bicyclic) bond motifs is 4. The third-order valence-electron chi connectivity index (χ3n) is 9.41. The van der Waals surface area contributed by atoms with Crippen molar-refractivity contribution in [3.05, 3.63) is 46.0 Å². The predicted octanol–water partition coefficient (Wildman–Crippen LogP) is -0.398. The molecule has 10 nitrogen and oxygen atoms in total. The number of nitrogens with zero attached hydrogens (tertiary/aromatic N) is 4. The zero-order chi connectivity index (χ0) is 29.0. The van der Waals surface area contributed by atoms with Crippen LogP contribution in [0.2, 0.25) is 0 Å². The number of aliphatic hydroxyl groups excluding tert-OH is 1. The molecule has 0 radical (unpaired) electrons. The van der Waals surface area contributed by atoms with Gasteiger partial charge in [0.1, 0.15) is 50.1 Å². The van der Waals surface area contributed by atoms with Crippen molar-refractivity contribution in [2.24, 2.45) is 17.6 Å². The highest BCUT2D eigenvalue weighted by Gasteiger charge is 2.59. The maximum atomic E-state index is 12.6. The summed E-state index contributed by atoms with van der Waals surface area (Å²) in [6.45, 7) is 11.6. The number of carbonyl (C=O) groups is 3. The number of nitrogens with two attached hydrogens (primary N) is 1. The Hall–Kier alpha value is -2.51. The molecule has 5 aliphatic rings. The van der Waals surface area contributed by atoms with E-state index in [1.807, 2.05) is 18.9 Å². The zero-order valence-electron chi connectivity index (χ0n) is 23.2. The van der Waals surface area contributed by atoms with Crippen molar-refractivity contribution in [3.63, 3.8) is 0 Å². The van der Waals surface area contributed by atoms with Crippen LogP contribution in [0.1, 0.15) is 25.0 Å². The van der Waals surface area contributed by atoms with Crippen molar-refractivity contribution in [1.29, 1.82) is 0 Å². The molecule has 0 aromatic heterocycles. The molecule has 5 aliphatic heterocycles. The standard InChI is InChI=1S/C28H37N5O5S2/c1-17-23-22(18(2)34)26(36)31(23)24(27(37)38)25(17)40-28(39)30(3)14-19-4-6-20(7-5-19)15-32-8-11-33(12-9-32,13-10-32)16-21(29)35/h4-7,17-18,22-23,34H,8-16H2,1-3H3,(H-2,29,35,37,38)/p+1. The van der Waals surface area contributed by atoms with Gasteiger partial charge < -0.3 is 39.5 Å². The Labute approximate surface area is 244 Å². The van der Waals surface area contributed by atoms with Crippen LogP contribution in [0.15, 0.2) is 34.9 Å². The Morgan fingerprint density at radius 2 is 1.70 bits per heavy atom. The van der Waals surface area contributed by atoms with E-state index in [2.05, 4.69) is 24.3 Å². The average Bonchev–Trinajstić information content (AvgIpc) is 3.13. The number of piperazine rings is 3. The van der Waals surface area contributed by atoms with Crippen LogP contribution in [-0.2, 0) is 27.5 Å². The number of amides is 2. The van der Waals surface area contributed by atoms with Crippen LogP contribution >= 0.6 is 24.0 Å². The molecule has 4 atom stereocenters. The van der Waals surface area contributed by atoms with Gasteiger partial charge in [-0.2, -0.15) is 0 Å². The largest absolute Gasteiger partial charge is 0.543 e. The first-order valence-corrected chi connectivity index (χ1v) is 15.0. The van der Waals surface area contributed by atoms with Crippen LogP contribution in [0.4, 0.5) is 0 Å². The molecule has 1 aromatic carbocycles. The molecule has 2 bridgehead atoms. The van der Waals surface area contributed by atoms with Gasteiger partial charge in [0.05, 0.1) is 29.7 Å². The van der Waals surface area contributed by atoms with Gasteiger partial charge in [-0.25, -0.2) is 0 Å². The number of hydrogen-bond donors (Lipinski definition) is 2. The second-order valence-corrected chi connectivity index (χ2v) is 13.8. The van der Waals surface area contributed by atoms with Crippen molar-refractivity contribution in [2.75, 3.05) is 52.9 Å². The van der Waals surface area contributed by atoms with Crippen molar-refractivity contribution >= 4 is 46.1 Å². The highest BCUT2D eigenvalue weighted by Crippen LogP contribution is 2.50. The monoisotopic (exact) mass is 588 g/mol. The molecule has 4 unspecified atom stereocenters. The minimum absolute atomic E-state index is 0.127. The summed E-state index contributed by atoms with van der Waals surface area (Å²) >= 11 is 6.86. The normalized spacial score (nSPS) is 31.6. The van der Waals surface area contributed by atoms with Gasteiger partial charge in [-0.3, -0.25) is 9.59 Å². The second-order valence-electron chi connectivity index (χ2n) is 12.1. The molecule has 12 heteroatoms. The Bertz CT molecular complexity index is 1240. The second kappa shape index (κ2) is 10.7. The number of primary amides is 1. The molecule has 5 heterocycles. The van der Waals surface area contributed by atoms with Crippen molar-refractivity contribution in [1.82, 2.24) is 9.80 Å². The van der Waals surface area contributed by atoms with E-state index in [1.165, 1.54) is 22.2 Å². The molecule has 0 saturated carbocycles. The number of carboxylic acid groups (broad SMARTS) is 1. The Kier molecular flexibility index (Phi) is 7.77. The molecule has 3 N–H and O–H groups in total. The number of hydrogen-bond acceptors (Lipinski definition) is 7. The minimum Gasteiger partial charge on any atom is -0.543 e. The maximum Gasteiger partial charge on any atom is 0.272 e. The van der Waals surface area contributed by atoms with E-state index in [0.717, 1.165) is 60.3 Å². The zero-order valence-corrected chi connectivity index (χ0v) is 24.9. The summed E-state index contributed by atoms with van der Waals surface area (Å²) < 4.78 is 2.41. The summed E-state index contributed by atoms with van der Waals surface area (Å²) in [6, 6.07) is 8.17. The fourth-order valence-corrected chi connectivity index (χ4v) is 8.39. The molecular formula is C28H38N5O5S2+. The van der Waals surface area contributed by atoms with Crippen LogP contribution in [0.25, 0.3) is 0 Å². The van der Waals surface area contributed by atoms with E-state index in [9.17, 15) is 24.6 Å². The molecule has 6 rings (SSSR count). The lowest BCUT2D eigenvalue weighted by Crippen LogP contribution is -2.75. The quantitative estimate of drug-likeness (QED) is 0.227. The van der Waals surface area contributed by atoms with Crippen LogP contribution in [0, 0.1) is 11.8 Å². The van der Waals surface area contributed by atoms with E-state index < -0.39 is 24.0 Å². The number of aliphatic carboxylic acids is 1. The summed E-state index contributed by atoms with van der Waals surface area (Å²) in [4.78, 5) is 39.7. The van der Waals surface area contributed by atoms with Gasteiger partial charge in [0, 0.05) is 30.0 Å². The Balaban J connectivity index is 1.19. The molecule has 216 valence electrons. The van der Waals surface area contributed by atoms with Crippen molar-refractivity contribution in [2.45, 2.75) is 39.1 Å². The first kappa shape index (κ1) is 29.0. The van der Waals surface area contributed by atoms with Gasteiger partial charge in [0.2, 0.25) is 5.91 Å². The maximum absolute atomic E-state index is 12.6. The number of rotatable bonds is 9. The minimum atomic E-state index is -1.40. The third-order valence-corrected chi connectivity index (χ3v) is 11.2. The van der Waals surface area contributed by atoms with E-state index in [1.54, 1.807) is 6.92 Å². The highest BCUT2D eigenvalue weighted by atomic mass is 32.2. The smallest absolute Gasteiger partial charge is 0.272 e. The fraction of sp³-hybridized carbons (Fsp3) is 0.571. The van der Waals surface area contributed by atoms with Gasteiger partial charge >= 0.3 is 0 Å². The Morgan fingerprint density at radius 1 is 1.15 bits per heavy atom. The molecule has 0 aliphatic carbocycles. The number of thioether (sulfide) groups is 1. The van der Waals surface area contributed by atoms with Crippen LogP contribution < -0.4 is 10.8 Å². The lowest BCUT2D eigenvalue weighted by atomic mass is 9.79. The van der Waals surface area contributed by atoms with E-state index in [-0.39, 0.29) is 23.4 Å². The van der Waals surface area contributed by atoms with E-state index >= 15 is 0 Å². The van der Waals surface area contributed by atoms with Crippen LogP contribution in [0.5, 0.6) is 0 Å². The number of carbonyl (C=O) groups excluding carboxylic acids is 3. The summed E-state index contributed by atoms with van der Waals surface area (Å²) in [5.41, 5.74) is 7.74. The first-order valence-electron chi connectivity index (χ1n) is 13.8. The summed E-state index contributed by atoms with van der Waals surface area (Å²) in [5.74, 6) is -2.88. The van der Waals surface area contributed by atoms with Gasteiger partial charge in [-0.15, -0.1) is 0 Å². The molecule has 40 heavy (non-hydrogen) atoms. The lowest BCUT2D eigenvalue weighted by Gasteiger charge is -2.55. The van der Waals surface area contributed by atoms with E-state index in [0.29, 0.717) is 22.3 Å². The van der Waals surface area contributed by atoms with Gasteiger partial charge in [0.15, 0.2) is 6.54 Å². The van der Waals surface area contributed by atoms with E-state index in [4.69, 9.17) is 18.0 Å². The highest BCUT2D eigenvalue weighted by molar-refractivity contribution is 8.25. The third kappa shape index (κ3) is 5.16. The van der Waals surface area contributed by atoms with Crippen molar-refractivity contribution < 1.29 is 33.6 Å². The molecule has 4 saturated heterocycles. The molecule has 1 aromatic rings. The number of aliphatic hydroxyl groups is 1. The van der Waals surface area contributed by atoms with Crippen LogP contribution in [-0.4, -0.2) is 111 Å². The summed E-state index contributed by atoms with van der Waals surface area (Å²) in [7, 11) is 1.87. The molecule has 2 amide bonds. The van der Waals surface area contributed by atoms with Gasteiger partial charge in [0.25, 0.3) is 5.91 Å². The van der Waals surface area contributed by atoms with Gasteiger partial charge in [-0.1, -0.05) is 55.2 Å². The molecule has 0 spiro atoms. The lowest BCUT2D eigenvalue weighted by molar-refractivity contribution is -1.08. The van der Waals surface area contributed by atoms with Gasteiger partial charge in [-0.05, 0) is 12.5 Å². The molecule has 4 fully saturated rings.